The lowest BCUT2D eigenvalue weighted by atomic mass is 10.2. The third kappa shape index (κ3) is 3.45. The van der Waals surface area contributed by atoms with Crippen LogP contribution in [0.2, 0.25) is 0 Å². The van der Waals surface area contributed by atoms with Gasteiger partial charge in [0, 0.05) is 57.1 Å². The van der Waals surface area contributed by atoms with Crippen molar-refractivity contribution in [1.82, 2.24) is 24.9 Å². The Labute approximate surface area is 148 Å². The number of hydrogen-bond acceptors (Lipinski definition) is 4. The number of aryl methyl sites for hydroxylation is 1. The van der Waals surface area contributed by atoms with Crippen LogP contribution >= 0.6 is 0 Å². The van der Waals surface area contributed by atoms with Crippen LogP contribution in [0.1, 0.15) is 22.3 Å². The zero-order valence-electron chi connectivity index (χ0n) is 14.7. The van der Waals surface area contributed by atoms with Crippen LogP contribution in [-0.2, 0) is 0 Å². The summed E-state index contributed by atoms with van der Waals surface area (Å²) in [6.07, 6.45) is 4.89. The Morgan fingerprint density at radius 2 is 1.92 bits per heavy atom. The molecule has 0 saturated carbocycles. The first-order valence-corrected chi connectivity index (χ1v) is 9.06. The van der Waals surface area contributed by atoms with Crippen molar-refractivity contribution in [1.29, 1.82) is 0 Å². The number of piperazine rings is 1. The van der Waals surface area contributed by atoms with E-state index in [1.807, 2.05) is 53.2 Å². The highest BCUT2D eigenvalue weighted by molar-refractivity contribution is 5.94. The predicted octanol–water partition coefficient (Wildman–Crippen LogP) is 1.30. The average Bonchev–Trinajstić information content (AvgIpc) is 3.31. The minimum atomic E-state index is 0.140. The third-order valence-corrected chi connectivity index (χ3v) is 5.21. The van der Waals surface area contributed by atoms with Gasteiger partial charge in [0.1, 0.15) is 0 Å². The Kier molecular flexibility index (Phi) is 4.55. The minimum Gasteiger partial charge on any atom is -0.337 e. The van der Waals surface area contributed by atoms with Crippen molar-refractivity contribution in [3.8, 4) is 5.69 Å². The molecule has 2 saturated heterocycles. The summed E-state index contributed by atoms with van der Waals surface area (Å²) in [7, 11) is 0. The van der Waals surface area contributed by atoms with Crippen molar-refractivity contribution >= 4 is 5.91 Å². The fourth-order valence-corrected chi connectivity index (χ4v) is 3.76. The number of rotatable bonds is 3. The van der Waals surface area contributed by atoms with Gasteiger partial charge in [-0.15, -0.1) is 0 Å². The van der Waals surface area contributed by atoms with E-state index in [0.29, 0.717) is 6.04 Å². The van der Waals surface area contributed by atoms with Gasteiger partial charge in [0.05, 0.1) is 11.9 Å². The highest BCUT2D eigenvalue weighted by Gasteiger charge is 2.31. The first-order valence-electron chi connectivity index (χ1n) is 9.06. The van der Waals surface area contributed by atoms with E-state index in [9.17, 15) is 4.79 Å². The van der Waals surface area contributed by atoms with Gasteiger partial charge in [-0.1, -0.05) is 0 Å². The van der Waals surface area contributed by atoms with Gasteiger partial charge in [0.15, 0.2) is 0 Å². The van der Waals surface area contributed by atoms with Gasteiger partial charge in [0.25, 0.3) is 5.91 Å². The standard InChI is InChI=1S/C19H25N5O/c1-15-12-21-24(13-15)17-4-2-16(3-5-17)19(25)23-9-6-18(14-23)22-10-7-20-8-11-22/h2-5,12-13,18,20H,6-11,14H2,1H3. The van der Waals surface area contributed by atoms with Gasteiger partial charge in [-0.25, -0.2) is 4.68 Å². The number of likely N-dealkylation sites (tertiary alicyclic amines) is 1. The molecule has 4 rings (SSSR count). The summed E-state index contributed by atoms with van der Waals surface area (Å²) in [5.41, 5.74) is 2.86. The summed E-state index contributed by atoms with van der Waals surface area (Å²) in [6, 6.07) is 8.25. The van der Waals surface area contributed by atoms with E-state index in [4.69, 9.17) is 0 Å². The Hall–Kier alpha value is -2.18. The smallest absolute Gasteiger partial charge is 0.253 e. The molecule has 1 amide bonds. The Morgan fingerprint density at radius 3 is 2.60 bits per heavy atom. The van der Waals surface area contributed by atoms with Gasteiger partial charge in [0.2, 0.25) is 0 Å². The van der Waals surface area contributed by atoms with Gasteiger partial charge < -0.3 is 10.2 Å². The monoisotopic (exact) mass is 339 g/mol. The minimum absolute atomic E-state index is 0.140. The zero-order valence-corrected chi connectivity index (χ0v) is 14.7. The Balaban J connectivity index is 1.41. The second-order valence-corrected chi connectivity index (χ2v) is 6.99. The van der Waals surface area contributed by atoms with Gasteiger partial charge >= 0.3 is 0 Å². The molecule has 1 unspecified atom stereocenters. The quantitative estimate of drug-likeness (QED) is 0.916. The second-order valence-electron chi connectivity index (χ2n) is 6.99. The maximum atomic E-state index is 12.8. The molecule has 0 radical (unpaired) electrons. The molecule has 6 heteroatoms. The number of benzene rings is 1. The molecular weight excluding hydrogens is 314 g/mol. The van der Waals surface area contributed by atoms with Crippen LogP contribution < -0.4 is 5.32 Å². The fraction of sp³-hybridized carbons (Fsp3) is 0.474. The molecule has 1 N–H and O–H groups in total. The summed E-state index contributed by atoms with van der Waals surface area (Å²) < 4.78 is 1.83. The molecule has 0 spiro atoms. The van der Waals surface area contributed by atoms with Crippen molar-refractivity contribution in [2.24, 2.45) is 0 Å². The second kappa shape index (κ2) is 6.98. The van der Waals surface area contributed by atoms with E-state index in [2.05, 4.69) is 15.3 Å². The molecule has 1 aromatic carbocycles. The van der Waals surface area contributed by atoms with E-state index in [1.165, 1.54) is 0 Å². The molecule has 2 aliphatic heterocycles. The average molecular weight is 339 g/mol. The lowest BCUT2D eigenvalue weighted by Crippen LogP contribution is -2.49. The molecule has 0 bridgehead atoms. The first kappa shape index (κ1) is 16.3. The summed E-state index contributed by atoms with van der Waals surface area (Å²) in [4.78, 5) is 17.3. The molecule has 2 aromatic rings. The molecule has 0 aliphatic carbocycles. The fourth-order valence-electron chi connectivity index (χ4n) is 3.76. The van der Waals surface area contributed by atoms with E-state index >= 15 is 0 Å². The summed E-state index contributed by atoms with van der Waals surface area (Å²) >= 11 is 0. The molecule has 1 aromatic heterocycles. The molecule has 3 heterocycles. The van der Waals surface area contributed by atoms with Crippen LogP contribution in [0.15, 0.2) is 36.7 Å². The molecular formula is C19H25N5O. The van der Waals surface area contributed by atoms with Crippen molar-refractivity contribution in [2.75, 3.05) is 39.3 Å². The highest BCUT2D eigenvalue weighted by atomic mass is 16.2. The van der Waals surface area contributed by atoms with Crippen LogP contribution in [0, 0.1) is 6.92 Å². The lowest BCUT2D eigenvalue weighted by Gasteiger charge is -2.32. The first-order chi connectivity index (χ1) is 12.2. The van der Waals surface area contributed by atoms with Crippen molar-refractivity contribution < 1.29 is 4.79 Å². The maximum absolute atomic E-state index is 12.8. The predicted molar refractivity (Wildman–Crippen MR) is 97.1 cm³/mol. The number of nitrogens with one attached hydrogen (secondary N) is 1. The molecule has 132 valence electrons. The van der Waals surface area contributed by atoms with Gasteiger partial charge in [-0.3, -0.25) is 9.69 Å². The van der Waals surface area contributed by atoms with E-state index in [0.717, 1.165) is 62.5 Å². The molecule has 2 aliphatic rings. The zero-order chi connectivity index (χ0) is 17.2. The van der Waals surface area contributed by atoms with E-state index in [1.54, 1.807) is 0 Å². The molecule has 2 fully saturated rings. The third-order valence-electron chi connectivity index (χ3n) is 5.21. The summed E-state index contributed by atoms with van der Waals surface area (Å²) in [6.45, 7) is 8.00. The van der Waals surface area contributed by atoms with E-state index < -0.39 is 0 Å². The van der Waals surface area contributed by atoms with Crippen LogP contribution in [-0.4, -0.2) is 70.8 Å². The highest BCUT2D eigenvalue weighted by Crippen LogP contribution is 2.19. The number of carbonyl (C=O) groups excluding carboxylic acids is 1. The topological polar surface area (TPSA) is 53.4 Å². The number of nitrogens with zero attached hydrogens (tertiary/aromatic N) is 4. The number of aromatic nitrogens is 2. The van der Waals surface area contributed by atoms with Crippen LogP contribution in [0.25, 0.3) is 5.69 Å². The van der Waals surface area contributed by atoms with Crippen molar-refractivity contribution in [3.63, 3.8) is 0 Å². The SMILES string of the molecule is Cc1cnn(-c2ccc(C(=O)N3CCC(N4CCNCC4)C3)cc2)c1. The van der Waals surface area contributed by atoms with Crippen LogP contribution in [0.3, 0.4) is 0 Å². The Morgan fingerprint density at radius 1 is 1.16 bits per heavy atom. The van der Waals surface area contributed by atoms with Gasteiger partial charge in [-0.05, 0) is 43.2 Å². The van der Waals surface area contributed by atoms with Crippen LogP contribution in [0.5, 0.6) is 0 Å². The lowest BCUT2D eigenvalue weighted by molar-refractivity contribution is 0.0773. The summed E-state index contributed by atoms with van der Waals surface area (Å²) in [5.74, 6) is 0.140. The molecule has 6 nitrogen and oxygen atoms in total. The van der Waals surface area contributed by atoms with Crippen molar-refractivity contribution in [3.05, 3.63) is 47.8 Å². The molecule has 1 atom stereocenters. The molecule has 25 heavy (non-hydrogen) atoms. The summed E-state index contributed by atoms with van der Waals surface area (Å²) in [5, 5.41) is 7.70. The van der Waals surface area contributed by atoms with E-state index in [-0.39, 0.29) is 5.91 Å². The maximum Gasteiger partial charge on any atom is 0.253 e. The number of amides is 1. The largest absolute Gasteiger partial charge is 0.337 e. The number of hydrogen-bond donors (Lipinski definition) is 1. The number of carbonyl (C=O) groups is 1. The normalized spacial score (nSPS) is 21.6. The Bertz CT molecular complexity index is 733. The van der Waals surface area contributed by atoms with Crippen LogP contribution in [0.4, 0.5) is 0 Å². The van der Waals surface area contributed by atoms with Gasteiger partial charge in [-0.2, -0.15) is 5.10 Å². The van der Waals surface area contributed by atoms with Crippen molar-refractivity contribution in [2.45, 2.75) is 19.4 Å².